The molecule has 0 nitrogen and oxygen atoms in total. The molecule has 218 valence electrons. The third kappa shape index (κ3) is 3.43. The van der Waals surface area contributed by atoms with Crippen LogP contribution in [0.3, 0.4) is 0 Å². The molecule has 0 aliphatic heterocycles. The fourth-order valence-corrected chi connectivity index (χ4v) is 9.39. The summed E-state index contributed by atoms with van der Waals surface area (Å²) in [6.07, 6.45) is 5.95. The van der Waals surface area contributed by atoms with E-state index in [4.69, 9.17) is 0 Å². The van der Waals surface area contributed by atoms with Crippen molar-refractivity contribution >= 4 is 27.1 Å². The lowest BCUT2D eigenvalue weighted by Crippen LogP contribution is -2.22. The summed E-state index contributed by atoms with van der Waals surface area (Å²) in [5.41, 5.74) is 16.7. The summed E-state index contributed by atoms with van der Waals surface area (Å²) in [5.74, 6) is 0.527. The fraction of sp³-hybridized carbons (Fsp3) is 0.200. The summed E-state index contributed by atoms with van der Waals surface area (Å²) < 4.78 is 0. The van der Waals surface area contributed by atoms with Crippen LogP contribution in [0.2, 0.25) is 0 Å². The van der Waals surface area contributed by atoms with Crippen LogP contribution in [0, 0.1) is 5.92 Å². The van der Waals surface area contributed by atoms with E-state index in [1.165, 1.54) is 82.8 Å². The first-order chi connectivity index (χ1) is 21.8. The van der Waals surface area contributed by atoms with Crippen molar-refractivity contribution < 1.29 is 0 Å². The largest absolute Gasteiger partial charge is 0.0833 e. The molecular weight excluding hydrogens is 540 g/mol. The van der Waals surface area contributed by atoms with E-state index in [2.05, 4.69) is 156 Å². The van der Waals surface area contributed by atoms with Crippen LogP contribution in [0.5, 0.6) is 0 Å². The van der Waals surface area contributed by atoms with Gasteiger partial charge in [-0.15, -0.1) is 0 Å². The van der Waals surface area contributed by atoms with Gasteiger partial charge in [0.15, 0.2) is 0 Å². The van der Waals surface area contributed by atoms with Crippen LogP contribution in [0.15, 0.2) is 127 Å². The molecule has 1 unspecified atom stereocenters. The SMILES string of the molecule is CC1CC=CC2=C1C(C)(C)c1ccc3c(-c4ccccc4)c4c5c(ccc4c(-c4ccccc4)c3c12)C(C)(C)c1ccccc1-5. The molecule has 0 heteroatoms. The molecular formula is C45H38. The van der Waals surface area contributed by atoms with E-state index in [-0.39, 0.29) is 10.8 Å². The molecule has 6 aromatic rings. The monoisotopic (exact) mass is 578 g/mol. The zero-order valence-corrected chi connectivity index (χ0v) is 26.8. The molecule has 0 N–H and O–H groups in total. The second kappa shape index (κ2) is 9.18. The summed E-state index contributed by atoms with van der Waals surface area (Å²) in [4.78, 5) is 0. The fourth-order valence-electron chi connectivity index (χ4n) is 9.39. The standard InChI is InChI=1S/C45H38/c1-27-15-14-21-33-40-36(45(4,5)43(27)33)26-24-32-37(28-16-8-6-9-17-28)41-31(38(42(32)40)29-18-10-7-11-19-29)23-25-35-39(41)30-20-12-13-22-34(30)44(35,2)3/h6-14,16-27H,15H2,1-5H3. The van der Waals surface area contributed by atoms with Gasteiger partial charge in [0.2, 0.25) is 0 Å². The van der Waals surface area contributed by atoms with Crippen LogP contribution < -0.4 is 0 Å². The highest BCUT2D eigenvalue weighted by Gasteiger charge is 2.42. The quantitative estimate of drug-likeness (QED) is 0.179. The topological polar surface area (TPSA) is 0 Å². The van der Waals surface area contributed by atoms with E-state index in [0.717, 1.165) is 6.42 Å². The van der Waals surface area contributed by atoms with Crippen molar-refractivity contribution in [3.8, 4) is 33.4 Å². The van der Waals surface area contributed by atoms with Crippen LogP contribution in [0.4, 0.5) is 0 Å². The van der Waals surface area contributed by atoms with Crippen molar-refractivity contribution in [3.05, 3.63) is 149 Å². The highest BCUT2D eigenvalue weighted by atomic mass is 14.5. The maximum Gasteiger partial charge on any atom is 0.0159 e. The van der Waals surface area contributed by atoms with Gasteiger partial charge in [-0.05, 0) is 101 Å². The predicted octanol–water partition coefficient (Wildman–Crippen LogP) is 12.3. The van der Waals surface area contributed by atoms with Gasteiger partial charge >= 0.3 is 0 Å². The van der Waals surface area contributed by atoms with Crippen molar-refractivity contribution in [1.29, 1.82) is 0 Å². The lowest BCUT2D eigenvalue weighted by Gasteiger charge is -2.30. The van der Waals surface area contributed by atoms with Gasteiger partial charge in [-0.1, -0.05) is 156 Å². The number of fused-ring (bicyclic) bond motifs is 9. The zero-order valence-electron chi connectivity index (χ0n) is 26.8. The Morgan fingerprint density at radius 2 is 1.04 bits per heavy atom. The van der Waals surface area contributed by atoms with Gasteiger partial charge in [0.05, 0.1) is 0 Å². The molecule has 0 fully saturated rings. The normalized spacial score (nSPS) is 18.6. The number of benzene rings is 6. The summed E-state index contributed by atoms with van der Waals surface area (Å²) in [5, 5.41) is 5.46. The van der Waals surface area contributed by atoms with Crippen LogP contribution in [0.25, 0.3) is 60.5 Å². The highest BCUT2D eigenvalue weighted by molar-refractivity contribution is 6.28. The van der Waals surface area contributed by atoms with Crippen molar-refractivity contribution in [2.24, 2.45) is 5.92 Å². The number of rotatable bonds is 2. The Hall–Kier alpha value is -4.68. The molecule has 0 aromatic heterocycles. The number of hydrogen-bond donors (Lipinski definition) is 0. The Labute approximate surface area is 266 Å². The molecule has 45 heavy (non-hydrogen) atoms. The van der Waals surface area contributed by atoms with E-state index in [9.17, 15) is 0 Å². The number of allylic oxidation sites excluding steroid dienone is 4. The molecule has 9 rings (SSSR count). The summed E-state index contributed by atoms with van der Waals surface area (Å²) in [6, 6.07) is 41.2. The van der Waals surface area contributed by atoms with E-state index < -0.39 is 0 Å². The van der Waals surface area contributed by atoms with Crippen molar-refractivity contribution in [2.45, 2.75) is 51.9 Å². The Bertz CT molecular complexity index is 2270. The summed E-state index contributed by atoms with van der Waals surface area (Å²) in [7, 11) is 0. The van der Waals surface area contributed by atoms with Crippen molar-refractivity contribution in [3.63, 3.8) is 0 Å². The predicted molar refractivity (Wildman–Crippen MR) is 193 cm³/mol. The van der Waals surface area contributed by atoms with Gasteiger partial charge in [-0.3, -0.25) is 0 Å². The Balaban J connectivity index is 1.58. The lowest BCUT2D eigenvalue weighted by atomic mass is 9.74. The molecule has 0 radical (unpaired) electrons. The first-order valence-electron chi connectivity index (χ1n) is 16.5. The second-order valence-electron chi connectivity index (χ2n) is 14.5. The molecule has 0 spiro atoms. The molecule has 6 aromatic carbocycles. The third-order valence-electron chi connectivity index (χ3n) is 11.3. The zero-order chi connectivity index (χ0) is 30.7. The minimum atomic E-state index is -0.0688. The van der Waals surface area contributed by atoms with Gasteiger partial charge in [-0.2, -0.15) is 0 Å². The van der Waals surface area contributed by atoms with Crippen LogP contribution in [0.1, 0.15) is 63.3 Å². The highest BCUT2D eigenvalue weighted by Crippen LogP contribution is 2.59. The minimum Gasteiger partial charge on any atom is -0.0833 e. The molecule has 0 amide bonds. The van der Waals surface area contributed by atoms with Gasteiger partial charge < -0.3 is 0 Å². The first-order valence-corrected chi connectivity index (χ1v) is 16.5. The smallest absolute Gasteiger partial charge is 0.0159 e. The van der Waals surface area contributed by atoms with Crippen LogP contribution in [-0.4, -0.2) is 0 Å². The van der Waals surface area contributed by atoms with Gasteiger partial charge in [0.1, 0.15) is 0 Å². The molecule has 0 heterocycles. The van der Waals surface area contributed by atoms with Crippen molar-refractivity contribution in [1.82, 2.24) is 0 Å². The first kappa shape index (κ1) is 26.7. The minimum absolute atomic E-state index is 0.0141. The molecule has 1 atom stereocenters. The van der Waals surface area contributed by atoms with Gasteiger partial charge in [-0.25, -0.2) is 0 Å². The molecule has 3 aliphatic rings. The van der Waals surface area contributed by atoms with E-state index in [1.807, 2.05) is 0 Å². The van der Waals surface area contributed by atoms with Crippen LogP contribution >= 0.6 is 0 Å². The summed E-state index contributed by atoms with van der Waals surface area (Å²) in [6.45, 7) is 12.1. The molecule has 0 bridgehead atoms. The van der Waals surface area contributed by atoms with E-state index in [1.54, 1.807) is 5.57 Å². The number of hydrogen-bond acceptors (Lipinski definition) is 0. The second-order valence-corrected chi connectivity index (χ2v) is 14.5. The van der Waals surface area contributed by atoms with Crippen LogP contribution in [-0.2, 0) is 10.8 Å². The van der Waals surface area contributed by atoms with Crippen molar-refractivity contribution in [2.75, 3.05) is 0 Å². The van der Waals surface area contributed by atoms with E-state index >= 15 is 0 Å². The Morgan fingerprint density at radius 1 is 0.511 bits per heavy atom. The maximum absolute atomic E-state index is 2.46. The Kier molecular flexibility index (Phi) is 5.44. The molecule has 3 aliphatic carbocycles. The molecule has 0 saturated heterocycles. The molecule has 0 saturated carbocycles. The lowest BCUT2D eigenvalue weighted by molar-refractivity contribution is 0.530. The van der Waals surface area contributed by atoms with Gasteiger partial charge in [0, 0.05) is 10.8 Å². The average molecular weight is 579 g/mol. The van der Waals surface area contributed by atoms with E-state index in [0.29, 0.717) is 5.92 Å². The van der Waals surface area contributed by atoms with Gasteiger partial charge in [0.25, 0.3) is 0 Å². The summed E-state index contributed by atoms with van der Waals surface area (Å²) >= 11 is 0. The maximum atomic E-state index is 2.46. The Morgan fingerprint density at radius 3 is 1.67 bits per heavy atom. The average Bonchev–Trinajstić information content (AvgIpc) is 3.44. The third-order valence-corrected chi connectivity index (χ3v) is 11.3.